The van der Waals surface area contributed by atoms with E-state index in [2.05, 4.69) is 31.9 Å². The highest BCUT2D eigenvalue weighted by Gasteiger charge is 2.46. The lowest BCUT2D eigenvalue weighted by atomic mass is 9.71. The number of rotatable bonds is 6. The quantitative estimate of drug-likeness (QED) is 0.445. The average Bonchev–Trinajstić information content (AvgIpc) is 2.83. The van der Waals surface area contributed by atoms with E-state index < -0.39 is 0 Å². The van der Waals surface area contributed by atoms with Gasteiger partial charge in [0.2, 0.25) is 11.9 Å². The number of allylic oxidation sites excluding steroid dienone is 3. The van der Waals surface area contributed by atoms with Crippen LogP contribution < -0.4 is 4.90 Å². The Morgan fingerprint density at radius 2 is 1.79 bits per heavy atom. The molecule has 34 heavy (non-hydrogen) atoms. The van der Waals surface area contributed by atoms with Gasteiger partial charge in [-0.25, -0.2) is 9.97 Å². The zero-order valence-corrected chi connectivity index (χ0v) is 20.9. The third-order valence-corrected chi connectivity index (χ3v) is 7.10. The van der Waals surface area contributed by atoms with Crippen molar-refractivity contribution in [3.05, 3.63) is 71.1 Å². The number of hydrogen-bond acceptors (Lipinski definition) is 5. The van der Waals surface area contributed by atoms with Gasteiger partial charge in [-0.15, -0.1) is 0 Å². The number of nitrogens with zero attached hydrogens (tertiary/aromatic N) is 4. The van der Waals surface area contributed by atoms with Crippen molar-refractivity contribution < 1.29 is 9.53 Å². The molecule has 2 aromatic rings. The molecule has 2 fully saturated rings. The smallest absolute Gasteiger partial charge is 0.229 e. The second-order valence-corrected chi connectivity index (χ2v) is 9.47. The first kappa shape index (κ1) is 24.0. The third kappa shape index (κ3) is 5.01. The van der Waals surface area contributed by atoms with E-state index in [1.807, 2.05) is 57.2 Å². The molecule has 1 amide bonds. The molecule has 4 rings (SSSR count). The summed E-state index contributed by atoms with van der Waals surface area (Å²) in [5.74, 6) is 1.90. The van der Waals surface area contributed by atoms with Crippen LogP contribution in [0.15, 0.2) is 48.6 Å². The molecule has 0 unspecified atom stereocenters. The van der Waals surface area contributed by atoms with Gasteiger partial charge >= 0.3 is 0 Å². The minimum atomic E-state index is -0.270. The number of aromatic nitrogens is 2. The second kappa shape index (κ2) is 10.4. The number of aryl methyl sites for hydroxylation is 2. The lowest BCUT2D eigenvalue weighted by Crippen LogP contribution is -2.53. The maximum Gasteiger partial charge on any atom is 0.229 e. The van der Waals surface area contributed by atoms with Crippen LogP contribution in [0.25, 0.3) is 5.76 Å². The molecule has 0 N–H and O–H groups in total. The molecular weight excluding hydrogens is 424 g/mol. The largest absolute Gasteiger partial charge is 0.496 e. The number of hydrogen-bond donors (Lipinski definition) is 0. The van der Waals surface area contributed by atoms with Crippen LogP contribution in [0.5, 0.6) is 0 Å². The van der Waals surface area contributed by atoms with Crippen molar-refractivity contribution in [2.24, 2.45) is 5.41 Å². The fourth-order valence-electron chi connectivity index (χ4n) is 5.31. The van der Waals surface area contributed by atoms with Crippen LogP contribution in [-0.4, -0.2) is 47.5 Å². The van der Waals surface area contributed by atoms with Crippen molar-refractivity contribution in [3.63, 3.8) is 0 Å². The van der Waals surface area contributed by atoms with Gasteiger partial charge in [-0.1, -0.05) is 36.4 Å². The van der Waals surface area contributed by atoms with E-state index >= 15 is 0 Å². The molecule has 1 aromatic heterocycles. The lowest BCUT2D eigenvalue weighted by Gasteiger charge is -2.46. The lowest BCUT2D eigenvalue weighted by molar-refractivity contribution is -0.148. The summed E-state index contributed by atoms with van der Waals surface area (Å²) in [6, 6.07) is 10.2. The first-order valence-corrected chi connectivity index (χ1v) is 12.3. The van der Waals surface area contributed by atoms with Gasteiger partial charge in [0.05, 0.1) is 12.5 Å². The summed E-state index contributed by atoms with van der Waals surface area (Å²) in [5, 5.41) is 0. The van der Waals surface area contributed by atoms with Crippen molar-refractivity contribution in [2.75, 3.05) is 31.6 Å². The zero-order chi connectivity index (χ0) is 24.1. The number of likely N-dealkylation sites (tertiary alicyclic amines) is 1. The van der Waals surface area contributed by atoms with Gasteiger partial charge in [0.25, 0.3) is 0 Å². The molecule has 2 aliphatic rings. The standard InChI is InChI=1S/C28H36N4O2/c1-5-6-12-25(34-4)24-11-8-7-10-23(24)20-32-16-9-13-28(26(32)33)14-17-31(18-15-28)27-29-21(2)19-22(3)30-27/h5-8,10-12,19H,9,13-18,20H2,1-4H3/b6-5-,25-12-. The Morgan fingerprint density at radius 1 is 1.09 bits per heavy atom. The Morgan fingerprint density at radius 3 is 2.47 bits per heavy atom. The van der Waals surface area contributed by atoms with Crippen molar-refractivity contribution in [1.82, 2.24) is 14.9 Å². The summed E-state index contributed by atoms with van der Waals surface area (Å²) < 4.78 is 5.66. The van der Waals surface area contributed by atoms with Gasteiger partial charge in [0, 0.05) is 43.1 Å². The van der Waals surface area contributed by atoms with E-state index in [1.165, 1.54) is 0 Å². The van der Waals surface area contributed by atoms with Gasteiger partial charge in [-0.05, 0) is 64.2 Å². The Kier molecular flexibility index (Phi) is 7.35. The van der Waals surface area contributed by atoms with Crippen LogP contribution in [0.4, 0.5) is 5.95 Å². The van der Waals surface area contributed by atoms with Gasteiger partial charge < -0.3 is 14.5 Å². The summed E-state index contributed by atoms with van der Waals surface area (Å²) in [5.41, 5.74) is 3.86. The zero-order valence-electron chi connectivity index (χ0n) is 20.9. The number of carbonyl (C=O) groups excluding carboxylic acids is 1. The molecule has 3 heterocycles. The Labute approximate surface area is 203 Å². The highest BCUT2D eigenvalue weighted by Crippen LogP contribution is 2.42. The normalized spacial score (nSPS) is 18.7. The summed E-state index contributed by atoms with van der Waals surface area (Å²) in [4.78, 5) is 27.4. The highest BCUT2D eigenvalue weighted by atomic mass is 16.5. The van der Waals surface area contributed by atoms with Gasteiger partial charge in [-0.3, -0.25) is 4.79 Å². The molecule has 2 saturated heterocycles. The number of piperidine rings is 2. The number of anilines is 1. The Hall–Kier alpha value is -3.15. The van der Waals surface area contributed by atoms with Gasteiger partial charge in [0.1, 0.15) is 5.76 Å². The molecule has 1 spiro atoms. The van der Waals surface area contributed by atoms with Crippen LogP contribution in [-0.2, 0) is 16.1 Å². The maximum atomic E-state index is 13.8. The fourth-order valence-corrected chi connectivity index (χ4v) is 5.31. The van der Waals surface area contributed by atoms with E-state index in [0.717, 1.165) is 79.5 Å². The molecule has 0 atom stereocenters. The molecule has 1 aromatic carbocycles. The van der Waals surface area contributed by atoms with E-state index in [0.29, 0.717) is 12.5 Å². The van der Waals surface area contributed by atoms with Gasteiger partial charge in [-0.2, -0.15) is 0 Å². The van der Waals surface area contributed by atoms with Crippen molar-refractivity contribution in [3.8, 4) is 0 Å². The summed E-state index contributed by atoms with van der Waals surface area (Å²) >= 11 is 0. The second-order valence-electron chi connectivity index (χ2n) is 9.47. The van der Waals surface area contributed by atoms with E-state index in [1.54, 1.807) is 7.11 Å². The van der Waals surface area contributed by atoms with Crippen LogP contribution in [0.1, 0.15) is 55.1 Å². The van der Waals surface area contributed by atoms with Crippen LogP contribution in [0.2, 0.25) is 0 Å². The van der Waals surface area contributed by atoms with Crippen LogP contribution >= 0.6 is 0 Å². The summed E-state index contributed by atoms with van der Waals surface area (Å²) in [6.45, 7) is 9.05. The highest BCUT2D eigenvalue weighted by molar-refractivity contribution is 5.84. The molecular formula is C28H36N4O2. The number of amides is 1. The minimum absolute atomic E-state index is 0.270. The minimum Gasteiger partial charge on any atom is -0.496 e. The summed E-state index contributed by atoms with van der Waals surface area (Å²) in [6.07, 6.45) is 9.65. The molecule has 180 valence electrons. The number of carbonyl (C=O) groups is 1. The molecule has 0 aliphatic carbocycles. The van der Waals surface area contributed by atoms with Crippen LogP contribution in [0, 0.1) is 19.3 Å². The fraction of sp³-hybridized carbons (Fsp3) is 0.464. The number of methoxy groups -OCH3 is 1. The predicted molar refractivity (Wildman–Crippen MR) is 136 cm³/mol. The van der Waals surface area contributed by atoms with Crippen LogP contribution in [0.3, 0.4) is 0 Å². The third-order valence-electron chi connectivity index (χ3n) is 7.10. The van der Waals surface area contributed by atoms with E-state index in [9.17, 15) is 4.79 Å². The average molecular weight is 461 g/mol. The maximum absolute atomic E-state index is 13.8. The van der Waals surface area contributed by atoms with Crippen molar-refractivity contribution in [2.45, 2.75) is 53.0 Å². The molecule has 6 heteroatoms. The number of ether oxygens (including phenoxy) is 1. The predicted octanol–water partition coefficient (Wildman–Crippen LogP) is 5.07. The molecule has 0 radical (unpaired) electrons. The van der Waals surface area contributed by atoms with E-state index in [4.69, 9.17) is 4.74 Å². The van der Waals surface area contributed by atoms with Gasteiger partial charge in [0.15, 0.2) is 0 Å². The molecule has 2 aliphatic heterocycles. The molecule has 0 bridgehead atoms. The molecule has 6 nitrogen and oxygen atoms in total. The SMILES string of the molecule is C/C=C\C=C(/OC)c1ccccc1CN1CCCC2(CCN(c3nc(C)cc(C)n3)CC2)C1=O. The molecule has 0 saturated carbocycles. The first-order valence-electron chi connectivity index (χ1n) is 12.3. The Bertz CT molecular complexity index is 1060. The monoisotopic (exact) mass is 460 g/mol. The topological polar surface area (TPSA) is 58.6 Å². The summed E-state index contributed by atoms with van der Waals surface area (Å²) in [7, 11) is 1.69. The first-order chi connectivity index (χ1) is 16.5. The number of benzene rings is 1. The van der Waals surface area contributed by atoms with E-state index in [-0.39, 0.29) is 5.41 Å². The Balaban J connectivity index is 1.50. The van der Waals surface area contributed by atoms with Crippen molar-refractivity contribution in [1.29, 1.82) is 0 Å². The van der Waals surface area contributed by atoms with Crippen molar-refractivity contribution >= 4 is 17.6 Å².